The molecule has 1 saturated heterocycles. The Bertz CT molecular complexity index is 1650. The van der Waals surface area contributed by atoms with E-state index in [-0.39, 0.29) is 13.0 Å². The Hall–Kier alpha value is -2.06. The molecule has 0 spiro atoms. The summed E-state index contributed by atoms with van der Waals surface area (Å²) < 4.78 is 124. The lowest BCUT2D eigenvalue weighted by Gasteiger charge is -2.44. The predicted octanol–water partition coefficient (Wildman–Crippen LogP) is 6.99. The molecule has 1 fully saturated rings. The van der Waals surface area contributed by atoms with Gasteiger partial charge in [-0.05, 0) is 12.8 Å². The van der Waals surface area contributed by atoms with E-state index in [9.17, 15) is 53.3 Å². The zero-order valence-corrected chi connectivity index (χ0v) is 42.1. The molecule has 0 saturated carbocycles. The average Bonchev–Trinajstić information content (AvgIpc) is 3.22. The van der Waals surface area contributed by atoms with Gasteiger partial charge in [0.05, 0.1) is 13.2 Å². The first-order chi connectivity index (χ1) is 31.3. The predicted molar refractivity (Wildman–Crippen MR) is 248 cm³/mol. The molecular weight excluding hydrogens is 927 g/mol. The molecule has 23 heteroatoms. The third kappa shape index (κ3) is 33.4. The molecule has 66 heavy (non-hydrogen) atoms. The minimum atomic E-state index is -5.53. The Labute approximate surface area is 395 Å². The smallest absolute Gasteiger partial charge is 0.354 e. The summed E-state index contributed by atoms with van der Waals surface area (Å²) in [5, 5.41) is 7.64. The van der Waals surface area contributed by atoms with Crippen LogP contribution < -0.4 is 16.0 Å². The van der Waals surface area contributed by atoms with Crippen LogP contribution in [0.2, 0.25) is 0 Å². The molecule has 6 N–H and O–H groups in total. The van der Waals surface area contributed by atoms with E-state index < -0.39 is 98.8 Å². The third-order valence-electron chi connectivity index (χ3n) is 11.3. The zero-order valence-electron chi connectivity index (χ0n) is 39.7. The number of amides is 3. The summed E-state index contributed by atoms with van der Waals surface area (Å²) in [6, 6.07) is -3.31. The average molecular weight is 1010 g/mol. The van der Waals surface area contributed by atoms with Crippen LogP contribution in [-0.4, -0.2) is 113 Å². The van der Waals surface area contributed by atoms with Crippen molar-refractivity contribution in [3.8, 4) is 0 Å². The van der Waals surface area contributed by atoms with Crippen molar-refractivity contribution in [3.05, 3.63) is 0 Å². The molecule has 0 aliphatic carbocycles. The first-order valence-corrected chi connectivity index (χ1v) is 28.4. The van der Waals surface area contributed by atoms with E-state index in [0.717, 1.165) is 58.3 Å². The normalized spacial score (nSPS) is 19.6. The minimum Gasteiger partial charge on any atom is -0.354 e. The molecule has 1 rings (SSSR count). The topological polar surface area (TPSA) is 297 Å². The SMILES string of the molecule is CCCCCCCCCCCCCCCCCC(=O)N[C@@H](CO[C@@H]1O[C@H](COS(=O)(=O)O)[C@@H](OS(=O)(=O)O)[C@H](OS(=O)(=O)O)[C@H]1NC(C)=O)C(=O)NCCCCCCCCCCCCCC. The lowest BCUT2D eigenvalue weighted by Crippen LogP contribution is -2.67. The van der Waals surface area contributed by atoms with Gasteiger partial charge in [-0.3, -0.25) is 28.0 Å². The van der Waals surface area contributed by atoms with Gasteiger partial charge in [-0.2, -0.15) is 25.3 Å². The summed E-state index contributed by atoms with van der Waals surface area (Å²) in [5.41, 5.74) is 0. The van der Waals surface area contributed by atoms with Crippen LogP contribution in [0.4, 0.5) is 0 Å². The van der Waals surface area contributed by atoms with E-state index in [4.69, 9.17) is 9.47 Å². The maximum Gasteiger partial charge on any atom is 0.397 e. The number of nitrogens with one attached hydrogen (secondary N) is 3. The van der Waals surface area contributed by atoms with Gasteiger partial charge in [0, 0.05) is 19.9 Å². The van der Waals surface area contributed by atoms with E-state index in [0.29, 0.717) is 12.8 Å². The van der Waals surface area contributed by atoms with Gasteiger partial charge in [-0.1, -0.05) is 174 Å². The molecule has 6 atom stereocenters. The molecule has 0 aromatic rings. The van der Waals surface area contributed by atoms with Crippen molar-refractivity contribution in [2.45, 2.75) is 237 Å². The summed E-state index contributed by atoms with van der Waals surface area (Å²) in [7, 11) is -16.3. The van der Waals surface area contributed by atoms with Crippen LogP contribution in [0.15, 0.2) is 0 Å². The molecule has 0 aromatic carbocycles. The van der Waals surface area contributed by atoms with Crippen molar-refractivity contribution < 1.29 is 75.3 Å². The van der Waals surface area contributed by atoms with Crippen LogP contribution in [0.5, 0.6) is 0 Å². The molecule has 1 aliphatic rings. The fourth-order valence-corrected chi connectivity index (χ4v) is 9.16. The highest BCUT2D eigenvalue weighted by Crippen LogP contribution is 2.30. The lowest BCUT2D eigenvalue weighted by atomic mass is 9.97. The second-order valence-corrected chi connectivity index (χ2v) is 20.5. The van der Waals surface area contributed by atoms with Gasteiger partial charge >= 0.3 is 31.2 Å². The van der Waals surface area contributed by atoms with Gasteiger partial charge in [-0.15, -0.1) is 0 Å². The number of carbonyl (C=O) groups excluding carboxylic acids is 3. The zero-order chi connectivity index (χ0) is 49.3. The van der Waals surface area contributed by atoms with Crippen LogP contribution >= 0.6 is 0 Å². The fraction of sp³-hybridized carbons (Fsp3) is 0.930. The van der Waals surface area contributed by atoms with Crippen LogP contribution in [0, 0.1) is 0 Å². The van der Waals surface area contributed by atoms with Crippen molar-refractivity contribution in [1.29, 1.82) is 0 Å². The summed E-state index contributed by atoms with van der Waals surface area (Å²) in [4.78, 5) is 39.1. The van der Waals surface area contributed by atoms with Gasteiger partial charge in [0.25, 0.3) is 0 Å². The number of rotatable bonds is 42. The summed E-state index contributed by atoms with van der Waals surface area (Å²) in [6.45, 7) is 3.63. The van der Waals surface area contributed by atoms with Crippen molar-refractivity contribution in [2.75, 3.05) is 19.8 Å². The van der Waals surface area contributed by atoms with E-state index in [1.165, 1.54) is 109 Å². The van der Waals surface area contributed by atoms with Crippen molar-refractivity contribution in [3.63, 3.8) is 0 Å². The molecule has 0 bridgehead atoms. The number of ether oxygens (including phenoxy) is 2. The fourth-order valence-electron chi connectivity index (χ4n) is 7.83. The first kappa shape index (κ1) is 62.0. The number of hydrogen-bond donors (Lipinski definition) is 6. The molecule has 0 aromatic heterocycles. The van der Waals surface area contributed by atoms with Gasteiger partial charge in [-0.25, -0.2) is 12.5 Å². The number of unbranched alkanes of at least 4 members (excludes halogenated alkanes) is 25. The maximum absolute atomic E-state index is 13.6. The third-order valence-corrected chi connectivity index (χ3v) is 12.6. The van der Waals surface area contributed by atoms with Crippen molar-refractivity contribution in [2.24, 2.45) is 0 Å². The van der Waals surface area contributed by atoms with Crippen LogP contribution in [0.3, 0.4) is 0 Å². The minimum absolute atomic E-state index is 0.0865. The molecule has 0 radical (unpaired) electrons. The maximum atomic E-state index is 13.6. The van der Waals surface area contributed by atoms with Gasteiger partial charge in [0.1, 0.15) is 30.4 Å². The van der Waals surface area contributed by atoms with E-state index in [1.54, 1.807) is 0 Å². The first-order valence-electron chi connectivity index (χ1n) is 24.3. The highest BCUT2D eigenvalue weighted by molar-refractivity contribution is 7.81. The monoisotopic (exact) mass is 1010 g/mol. The summed E-state index contributed by atoms with van der Waals surface area (Å²) in [6.07, 6.45) is 21.9. The Balaban J connectivity index is 3.00. The van der Waals surface area contributed by atoms with Gasteiger partial charge < -0.3 is 25.4 Å². The van der Waals surface area contributed by atoms with E-state index in [2.05, 4.69) is 42.3 Å². The van der Waals surface area contributed by atoms with Crippen LogP contribution in [0.1, 0.15) is 201 Å². The quantitative estimate of drug-likeness (QED) is 0.0265. The van der Waals surface area contributed by atoms with Gasteiger partial charge in [0.2, 0.25) is 17.7 Å². The Morgan fingerprint density at radius 2 is 0.985 bits per heavy atom. The molecule has 0 unspecified atom stereocenters. The van der Waals surface area contributed by atoms with Crippen LogP contribution in [0.25, 0.3) is 0 Å². The Morgan fingerprint density at radius 1 is 0.576 bits per heavy atom. The second-order valence-electron chi connectivity index (χ2n) is 17.3. The molecule has 3 amide bonds. The molecular formula is C43H83N3O17S3. The molecule has 20 nitrogen and oxygen atoms in total. The Kier molecular flexibility index (Phi) is 33.8. The molecule has 1 heterocycles. The Morgan fingerprint density at radius 3 is 1.39 bits per heavy atom. The number of hydrogen-bond acceptors (Lipinski definition) is 14. The lowest BCUT2D eigenvalue weighted by molar-refractivity contribution is -0.261. The summed E-state index contributed by atoms with van der Waals surface area (Å²) >= 11 is 0. The van der Waals surface area contributed by atoms with Gasteiger partial charge in [0.15, 0.2) is 6.29 Å². The standard InChI is InChI=1S/C43H83N3O17S3/c1-4-6-8-10-12-14-16-18-19-20-21-23-25-27-29-31-38(48)46-36(42(49)44-32-30-28-26-24-22-17-15-13-11-9-7-5-2)33-59-43-39(45-35(3)47)41(63-66(56,57)58)40(62-65(53,54)55)37(61-43)34-60-64(50,51)52/h36-37,39-41,43H,4-34H2,1-3H3,(H,44,49)(H,45,47)(H,46,48)(H,50,51,52)(H,53,54,55)(H,56,57,58)/t36-,37+,39+,40+,41+,43+/m0/s1. The van der Waals surface area contributed by atoms with E-state index in [1.807, 2.05) is 0 Å². The highest BCUT2D eigenvalue weighted by Gasteiger charge is 2.52. The van der Waals surface area contributed by atoms with Crippen molar-refractivity contribution in [1.82, 2.24) is 16.0 Å². The molecule has 390 valence electrons. The van der Waals surface area contributed by atoms with Crippen LogP contribution in [-0.2, 0) is 67.6 Å². The van der Waals surface area contributed by atoms with E-state index >= 15 is 0 Å². The highest BCUT2D eigenvalue weighted by atomic mass is 32.3. The largest absolute Gasteiger partial charge is 0.397 e. The summed E-state index contributed by atoms with van der Waals surface area (Å²) in [5.74, 6) is -2.04. The number of carbonyl (C=O) groups is 3. The van der Waals surface area contributed by atoms with Crippen molar-refractivity contribution >= 4 is 48.9 Å². The second kappa shape index (κ2) is 36.0. The molecule has 1 aliphatic heterocycles.